The summed E-state index contributed by atoms with van der Waals surface area (Å²) >= 11 is 0. The third-order valence-electron chi connectivity index (χ3n) is 29.1. The summed E-state index contributed by atoms with van der Waals surface area (Å²) in [5.74, 6) is 0. The number of aromatic nitrogens is 2. The maximum absolute atomic E-state index is 2.51. The monoisotopic (exact) mass is 1680 g/mol. The van der Waals surface area contributed by atoms with Gasteiger partial charge in [-0.3, -0.25) is 0 Å². The lowest BCUT2D eigenvalue weighted by molar-refractivity contribution is 0.660. The molecule has 27 rings (SSSR count). The van der Waals surface area contributed by atoms with Gasteiger partial charge in [0.1, 0.15) is 0 Å². The molecule has 0 atom stereocenters. The molecular weight excluding hydrogens is 1590 g/mol. The van der Waals surface area contributed by atoms with Crippen LogP contribution in [0.5, 0.6) is 0 Å². The maximum atomic E-state index is 2.51. The average Bonchev–Trinajstić information content (AvgIpc) is 1.39. The number of anilines is 6. The van der Waals surface area contributed by atoms with E-state index in [0.717, 1.165) is 39.8 Å². The molecular formula is C128H88N4. The largest absolute Gasteiger partial charge is 0.310 e. The molecule has 23 aromatic carbocycles. The molecule has 2 aromatic heterocycles. The van der Waals surface area contributed by atoms with E-state index in [4.69, 9.17) is 0 Å². The predicted molar refractivity (Wildman–Crippen MR) is 562 cm³/mol. The molecule has 0 bridgehead atoms. The van der Waals surface area contributed by atoms with Crippen molar-refractivity contribution in [1.82, 2.24) is 9.13 Å². The minimum atomic E-state index is -0.142. The number of fused-ring (bicyclic) bond motifs is 26. The van der Waals surface area contributed by atoms with Crippen molar-refractivity contribution in [3.8, 4) is 67.0 Å². The molecule has 0 aliphatic heterocycles. The highest BCUT2D eigenvalue weighted by Gasteiger charge is 2.38. The fraction of sp³-hybridized carbons (Fsp3) is 0.0469. The molecule has 0 fully saturated rings. The molecule has 0 unspecified atom stereocenters. The number of hydrogen-bond acceptors (Lipinski definition) is 2. The van der Waals surface area contributed by atoms with Crippen molar-refractivity contribution >= 4 is 164 Å². The first-order valence-electron chi connectivity index (χ1n) is 46.1. The van der Waals surface area contributed by atoms with Crippen LogP contribution in [0.15, 0.2) is 461 Å². The van der Waals surface area contributed by atoms with Crippen molar-refractivity contribution in [3.05, 3.63) is 483 Å². The van der Waals surface area contributed by atoms with Crippen LogP contribution >= 0.6 is 0 Å². The molecule has 2 heterocycles. The summed E-state index contributed by atoms with van der Waals surface area (Å²) in [6, 6.07) is 171. The van der Waals surface area contributed by atoms with Gasteiger partial charge in [-0.25, -0.2) is 0 Å². The molecule has 0 spiro atoms. The summed E-state index contributed by atoms with van der Waals surface area (Å²) in [7, 11) is 0. The fourth-order valence-electron chi connectivity index (χ4n) is 22.9. The van der Waals surface area contributed by atoms with Gasteiger partial charge in [-0.05, 0) is 281 Å². The average molecular weight is 1680 g/mol. The van der Waals surface area contributed by atoms with Gasteiger partial charge in [0.15, 0.2) is 0 Å². The molecule has 132 heavy (non-hydrogen) atoms. The Morgan fingerprint density at radius 2 is 0.439 bits per heavy atom. The summed E-state index contributed by atoms with van der Waals surface area (Å²) in [5.41, 5.74) is 31.7. The summed E-state index contributed by atoms with van der Waals surface area (Å²) in [6.07, 6.45) is 0. The van der Waals surface area contributed by atoms with E-state index in [9.17, 15) is 0 Å². The number of nitrogens with zero attached hydrogens (tertiary/aromatic N) is 4. The van der Waals surface area contributed by atoms with Crippen molar-refractivity contribution in [1.29, 1.82) is 0 Å². The van der Waals surface area contributed by atoms with Gasteiger partial charge in [0.2, 0.25) is 0 Å². The molecule has 2 aliphatic carbocycles. The van der Waals surface area contributed by atoms with E-state index in [0.29, 0.717) is 0 Å². The third-order valence-corrected chi connectivity index (χ3v) is 29.1. The van der Waals surface area contributed by atoms with Gasteiger partial charge < -0.3 is 18.9 Å². The molecule has 0 radical (unpaired) electrons. The highest BCUT2D eigenvalue weighted by atomic mass is 15.2. The molecule has 620 valence electrons. The van der Waals surface area contributed by atoms with Gasteiger partial charge in [-0.2, -0.15) is 0 Å². The van der Waals surface area contributed by atoms with Gasteiger partial charge in [0.05, 0.1) is 33.4 Å². The Hall–Kier alpha value is -16.7. The minimum Gasteiger partial charge on any atom is -0.310 e. The number of rotatable bonds is 11. The van der Waals surface area contributed by atoms with Crippen LogP contribution in [0.4, 0.5) is 34.1 Å². The Morgan fingerprint density at radius 1 is 0.159 bits per heavy atom. The van der Waals surface area contributed by atoms with Crippen molar-refractivity contribution in [2.75, 3.05) is 9.80 Å². The van der Waals surface area contributed by atoms with Gasteiger partial charge in [-0.15, -0.1) is 0 Å². The molecule has 2 aliphatic rings. The van der Waals surface area contributed by atoms with Crippen LogP contribution in [-0.2, 0) is 10.8 Å². The van der Waals surface area contributed by atoms with Crippen molar-refractivity contribution in [2.45, 2.75) is 38.5 Å². The van der Waals surface area contributed by atoms with Crippen LogP contribution < -0.4 is 9.80 Å². The lowest BCUT2D eigenvalue weighted by Crippen LogP contribution is -2.16. The first-order chi connectivity index (χ1) is 65.0. The van der Waals surface area contributed by atoms with E-state index < -0.39 is 0 Å². The van der Waals surface area contributed by atoms with E-state index in [2.05, 4.69) is 508 Å². The van der Waals surface area contributed by atoms with Crippen LogP contribution in [0, 0.1) is 0 Å². The Morgan fingerprint density at radius 3 is 0.879 bits per heavy atom. The first-order valence-corrected chi connectivity index (χ1v) is 46.1. The van der Waals surface area contributed by atoms with Crippen molar-refractivity contribution < 1.29 is 0 Å². The second-order valence-corrected chi connectivity index (χ2v) is 36.9. The highest BCUT2D eigenvalue weighted by molar-refractivity contribution is 6.28. The van der Waals surface area contributed by atoms with Crippen molar-refractivity contribution in [3.63, 3.8) is 0 Å². The van der Waals surface area contributed by atoms with Gasteiger partial charge >= 0.3 is 0 Å². The lowest BCUT2D eigenvalue weighted by atomic mass is 9.82. The molecule has 0 saturated heterocycles. The zero-order valence-electron chi connectivity index (χ0n) is 73.7. The smallest absolute Gasteiger partial charge is 0.0541 e. The molecule has 0 N–H and O–H groups in total. The SMILES string of the molecule is CC1(C)c2ccccc2-c2ccc(N(c3ccc(-c4ccc5c6ccccc6c6ccccc6c5c4)cc3)c3ccc(-c4ccc5c(c4)c4ccccc4n5-c4ccccc4)c4ccccc34)cc21.CC1(C)c2ccccc2-c2ccc(N(c3ccc4c5ccccc5c5ccccc5c4c3)c3ccc(-c4ccc5c(c4)c4ccccc4n5-c4ccccc4)c4ccccc34)cc21. The van der Waals surface area contributed by atoms with Gasteiger partial charge in [0, 0.05) is 77.3 Å². The second kappa shape index (κ2) is 30.0. The molecule has 25 aromatic rings. The number of benzene rings is 23. The zero-order valence-corrected chi connectivity index (χ0v) is 73.7. The Bertz CT molecular complexity index is 9030. The van der Waals surface area contributed by atoms with E-state index in [1.165, 1.54) is 213 Å². The molecule has 0 amide bonds. The Balaban J connectivity index is 0.000000139. The number of para-hydroxylation sites is 4. The van der Waals surface area contributed by atoms with Gasteiger partial charge in [-0.1, -0.05) is 361 Å². The predicted octanol–water partition coefficient (Wildman–Crippen LogP) is 35.3. The molecule has 4 heteroatoms. The van der Waals surface area contributed by atoms with Crippen LogP contribution in [0.25, 0.3) is 197 Å². The summed E-state index contributed by atoms with van der Waals surface area (Å²) in [4.78, 5) is 4.98. The normalized spacial score (nSPS) is 13.0. The topological polar surface area (TPSA) is 16.3 Å². The second-order valence-electron chi connectivity index (χ2n) is 36.9. The highest BCUT2D eigenvalue weighted by Crippen LogP contribution is 2.56. The van der Waals surface area contributed by atoms with Crippen LogP contribution in [0.2, 0.25) is 0 Å². The summed E-state index contributed by atoms with van der Waals surface area (Å²) in [6.45, 7) is 9.48. The third kappa shape index (κ3) is 11.9. The van der Waals surface area contributed by atoms with E-state index >= 15 is 0 Å². The Kier molecular flexibility index (Phi) is 17.4. The van der Waals surface area contributed by atoms with Crippen LogP contribution in [-0.4, -0.2) is 9.13 Å². The lowest BCUT2D eigenvalue weighted by Gasteiger charge is -2.30. The van der Waals surface area contributed by atoms with Gasteiger partial charge in [0.25, 0.3) is 0 Å². The van der Waals surface area contributed by atoms with E-state index in [-0.39, 0.29) is 10.8 Å². The summed E-state index contributed by atoms with van der Waals surface area (Å²) < 4.78 is 4.78. The molecule has 4 nitrogen and oxygen atoms in total. The first kappa shape index (κ1) is 76.6. The zero-order chi connectivity index (χ0) is 87.6. The quantitative estimate of drug-likeness (QED) is 0.120. The molecule has 0 saturated carbocycles. The van der Waals surface area contributed by atoms with Crippen LogP contribution in [0.3, 0.4) is 0 Å². The van der Waals surface area contributed by atoms with Crippen molar-refractivity contribution in [2.24, 2.45) is 0 Å². The van der Waals surface area contributed by atoms with E-state index in [1.54, 1.807) is 0 Å². The standard InChI is InChI=1S/C67H46N2.C61H42N2/c1-67(2)62-26-14-12-23-56(62)57-36-34-48(42-63(57)67)68(47-32-28-43(29-33-47)44-30-35-55-53-21-7-6-19-51(53)52-20-8-9-22-54(52)60(55)40-44)65-39-37-49(50-18-10-11-24-58(50)65)45-31-38-66-61(41-45)59-25-13-15-27-64(59)69(66)46-16-4-3-5-17-46;1-61(2)56-26-14-12-23-50(56)51-32-30-42(38-57(51)61)62(41-29-31-49-47-21-7-6-19-45(47)46-20-8-9-22-48(46)54(49)37-41)59-35-33-43(44-18-10-11-24-52(44)59)39-28-34-60-55(36-39)53-25-13-15-27-58(53)63(60)40-16-4-3-5-17-40/h3-42H,1-2H3;3-38H,1-2H3. The maximum Gasteiger partial charge on any atom is 0.0541 e. The minimum absolute atomic E-state index is 0.139. The van der Waals surface area contributed by atoms with E-state index in [1.807, 2.05) is 0 Å². The Labute approximate surface area is 766 Å². The van der Waals surface area contributed by atoms with Crippen LogP contribution in [0.1, 0.15) is 49.9 Å². The fourth-order valence-corrected chi connectivity index (χ4v) is 22.9. The summed E-state index contributed by atoms with van der Waals surface area (Å²) in [5, 5.41) is 25.2. The number of hydrogen-bond donors (Lipinski definition) is 0.